The van der Waals surface area contributed by atoms with E-state index in [1.54, 1.807) is 16.8 Å². The number of aromatic nitrogens is 4. The van der Waals surface area contributed by atoms with E-state index in [4.69, 9.17) is 16.6 Å². The van der Waals surface area contributed by atoms with E-state index in [0.29, 0.717) is 23.0 Å². The Kier molecular flexibility index (Phi) is 5.71. The van der Waals surface area contributed by atoms with Crippen molar-refractivity contribution >= 4 is 51.9 Å². The van der Waals surface area contributed by atoms with E-state index in [1.165, 1.54) is 4.90 Å². The SMILES string of the molecule is CN(c1ccc2c(c1)nc(N(C(=O)O)c1ccccc1C(C)(C)C)n2C)c1ccnc(Cl)n1. The molecular formula is C24H25ClN6O2. The summed E-state index contributed by atoms with van der Waals surface area (Å²) in [5.41, 5.74) is 3.56. The fourth-order valence-corrected chi connectivity index (χ4v) is 3.97. The van der Waals surface area contributed by atoms with Gasteiger partial charge in [0.15, 0.2) is 0 Å². The quantitative estimate of drug-likeness (QED) is 0.378. The molecule has 8 nitrogen and oxygen atoms in total. The van der Waals surface area contributed by atoms with Crippen LogP contribution in [0, 0.1) is 0 Å². The first-order valence-electron chi connectivity index (χ1n) is 10.4. The van der Waals surface area contributed by atoms with E-state index in [9.17, 15) is 9.90 Å². The second-order valence-corrected chi connectivity index (χ2v) is 9.11. The number of imidazole rings is 1. The molecule has 4 rings (SSSR count). The average molecular weight is 465 g/mol. The molecule has 170 valence electrons. The van der Waals surface area contributed by atoms with Gasteiger partial charge in [0.05, 0.1) is 16.7 Å². The Hall–Kier alpha value is -3.65. The van der Waals surface area contributed by atoms with Crippen molar-refractivity contribution in [1.82, 2.24) is 19.5 Å². The van der Waals surface area contributed by atoms with Gasteiger partial charge in [-0.25, -0.2) is 24.6 Å². The summed E-state index contributed by atoms with van der Waals surface area (Å²) in [6, 6.07) is 15.0. The Morgan fingerprint density at radius 1 is 1.09 bits per heavy atom. The Morgan fingerprint density at radius 2 is 1.82 bits per heavy atom. The number of halogens is 1. The second kappa shape index (κ2) is 8.37. The van der Waals surface area contributed by atoms with Crippen LogP contribution in [0.25, 0.3) is 11.0 Å². The van der Waals surface area contributed by atoms with Gasteiger partial charge in [0.25, 0.3) is 0 Å². The van der Waals surface area contributed by atoms with Crippen LogP contribution in [-0.4, -0.2) is 37.8 Å². The molecule has 0 spiro atoms. The topological polar surface area (TPSA) is 87.4 Å². The predicted molar refractivity (Wildman–Crippen MR) is 131 cm³/mol. The highest BCUT2D eigenvalue weighted by atomic mass is 35.5. The third kappa shape index (κ3) is 4.21. The largest absolute Gasteiger partial charge is 0.464 e. The summed E-state index contributed by atoms with van der Waals surface area (Å²) in [6.07, 6.45) is 0.494. The van der Waals surface area contributed by atoms with E-state index in [0.717, 1.165) is 16.8 Å². The van der Waals surface area contributed by atoms with Gasteiger partial charge in [-0.2, -0.15) is 0 Å². The van der Waals surface area contributed by atoms with Crippen molar-refractivity contribution in [2.75, 3.05) is 16.8 Å². The monoisotopic (exact) mass is 464 g/mol. The van der Waals surface area contributed by atoms with Gasteiger partial charge in [-0.3, -0.25) is 0 Å². The molecule has 2 heterocycles. The Morgan fingerprint density at radius 3 is 2.48 bits per heavy atom. The number of fused-ring (bicyclic) bond motifs is 1. The van der Waals surface area contributed by atoms with Gasteiger partial charge in [-0.15, -0.1) is 0 Å². The molecule has 0 fully saturated rings. The number of hydrogen-bond acceptors (Lipinski definition) is 5. The summed E-state index contributed by atoms with van der Waals surface area (Å²) in [7, 11) is 3.68. The summed E-state index contributed by atoms with van der Waals surface area (Å²) in [5, 5.41) is 10.3. The van der Waals surface area contributed by atoms with E-state index in [2.05, 4.69) is 30.7 Å². The number of hydrogen-bond donors (Lipinski definition) is 1. The van der Waals surface area contributed by atoms with Gasteiger partial charge in [0, 0.05) is 26.0 Å². The van der Waals surface area contributed by atoms with Gasteiger partial charge in [-0.05, 0) is 52.9 Å². The van der Waals surface area contributed by atoms with Crippen LogP contribution in [0.4, 0.5) is 27.9 Å². The summed E-state index contributed by atoms with van der Waals surface area (Å²) >= 11 is 5.94. The molecule has 0 saturated heterocycles. The number of benzene rings is 2. The zero-order valence-corrected chi connectivity index (χ0v) is 19.9. The molecule has 0 unspecified atom stereocenters. The van der Waals surface area contributed by atoms with Crippen LogP contribution < -0.4 is 9.80 Å². The van der Waals surface area contributed by atoms with Crippen molar-refractivity contribution in [2.24, 2.45) is 7.05 Å². The van der Waals surface area contributed by atoms with E-state index in [1.807, 2.05) is 61.5 Å². The van der Waals surface area contributed by atoms with Crippen LogP contribution in [0.5, 0.6) is 0 Å². The van der Waals surface area contributed by atoms with Gasteiger partial charge in [0.2, 0.25) is 11.2 Å². The zero-order chi connectivity index (χ0) is 23.9. The first-order chi connectivity index (χ1) is 15.6. The molecule has 9 heteroatoms. The molecule has 0 bridgehead atoms. The molecule has 2 aromatic heterocycles. The maximum Gasteiger partial charge on any atom is 0.418 e. The van der Waals surface area contributed by atoms with Crippen LogP contribution in [0.15, 0.2) is 54.7 Å². The maximum absolute atomic E-state index is 12.4. The second-order valence-electron chi connectivity index (χ2n) is 8.77. The predicted octanol–water partition coefficient (Wildman–Crippen LogP) is 5.90. The number of amides is 1. The van der Waals surface area contributed by atoms with Gasteiger partial charge < -0.3 is 14.6 Å². The lowest BCUT2D eigenvalue weighted by molar-refractivity contribution is 0.204. The number of rotatable bonds is 4. The minimum absolute atomic E-state index is 0.162. The lowest BCUT2D eigenvalue weighted by Crippen LogP contribution is -2.29. The molecular weight excluding hydrogens is 440 g/mol. The molecule has 1 amide bonds. The molecule has 33 heavy (non-hydrogen) atoms. The number of para-hydroxylation sites is 1. The third-order valence-corrected chi connectivity index (χ3v) is 5.71. The minimum Gasteiger partial charge on any atom is -0.464 e. The van der Waals surface area contributed by atoms with Crippen molar-refractivity contribution < 1.29 is 9.90 Å². The molecule has 4 aromatic rings. The number of anilines is 4. The lowest BCUT2D eigenvalue weighted by Gasteiger charge is -2.27. The Balaban J connectivity index is 1.83. The minimum atomic E-state index is -1.10. The van der Waals surface area contributed by atoms with Crippen LogP contribution in [-0.2, 0) is 12.5 Å². The Bertz CT molecular complexity index is 1340. The standard InChI is InChI=1S/C24H25ClN6O2/c1-24(2,3)16-8-6-7-9-18(16)31(23(32)33)22-27-17-14-15(10-11-19(17)30(22)5)29(4)20-12-13-26-21(25)28-20/h6-14H,1-5H3,(H,32,33). The van der Waals surface area contributed by atoms with Crippen molar-refractivity contribution in [1.29, 1.82) is 0 Å². The van der Waals surface area contributed by atoms with Crippen molar-refractivity contribution in [3.63, 3.8) is 0 Å². The summed E-state index contributed by atoms with van der Waals surface area (Å²) < 4.78 is 1.79. The third-order valence-electron chi connectivity index (χ3n) is 5.53. The molecule has 0 aliphatic rings. The van der Waals surface area contributed by atoms with Crippen LogP contribution in [0.2, 0.25) is 5.28 Å². The summed E-state index contributed by atoms with van der Waals surface area (Å²) in [6.45, 7) is 6.17. The fourth-order valence-electron chi connectivity index (χ4n) is 3.83. The highest BCUT2D eigenvalue weighted by Gasteiger charge is 2.28. The highest BCUT2D eigenvalue weighted by molar-refractivity contribution is 6.28. The van der Waals surface area contributed by atoms with Crippen LogP contribution >= 0.6 is 11.6 Å². The number of carbonyl (C=O) groups is 1. The smallest absolute Gasteiger partial charge is 0.418 e. The molecule has 0 radical (unpaired) electrons. The van der Waals surface area contributed by atoms with Crippen molar-refractivity contribution in [3.05, 3.63) is 65.6 Å². The van der Waals surface area contributed by atoms with E-state index in [-0.39, 0.29) is 10.7 Å². The number of carboxylic acid groups (broad SMARTS) is 1. The number of aryl methyl sites for hydroxylation is 1. The van der Waals surface area contributed by atoms with Gasteiger partial charge in [-0.1, -0.05) is 39.0 Å². The first kappa shape index (κ1) is 22.5. The lowest BCUT2D eigenvalue weighted by atomic mass is 9.85. The average Bonchev–Trinajstić information content (AvgIpc) is 3.08. The van der Waals surface area contributed by atoms with Gasteiger partial charge in [0.1, 0.15) is 5.82 Å². The molecule has 0 saturated carbocycles. The van der Waals surface area contributed by atoms with E-state index < -0.39 is 6.09 Å². The van der Waals surface area contributed by atoms with E-state index >= 15 is 0 Å². The molecule has 0 aliphatic carbocycles. The molecule has 1 N–H and O–H groups in total. The first-order valence-corrected chi connectivity index (χ1v) is 10.8. The highest BCUT2D eigenvalue weighted by Crippen LogP contribution is 2.37. The van der Waals surface area contributed by atoms with Crippen LogP contribution in [0.1, 0.15) is 26.3 Å². The van der Waals surface area contributed by atoms with Crippen molar-refractivity contribution in [3.8, 4) is 0 Å². The summed E-state index contributed by atoms with van der Waals surface area (Å²) in [5.74, 6) is 0.954. The molecule has 2 aromatic carbocycles. The van der Waals surface area contributed by atoms with Gasteiger partial charge >= 0.3 is 6.09 Å². The van der Waals surface area contributed by atoms with Crippen molar-refractivity contribution in [2.45, 2.75) is 26.2 Å². The maximum atomic E-state index is 12.4. The Labute approximate surface area is 197 Å². The summed E-state index contributed by atoms with van der Waals surface area (Å²) in [4.78, 5) is 28.4. The fraction of sp³-hybridized carbons (Fsp3) is 0.250. The molecule has 0 aliphatic heterocycles. The normalized spacial score (nSPS) is 11.6. The molecule has 0 atom stereocenters. The number of nitrogens with zero attached hydrogens (tertiary/aromatic N) is 6. The zero-order valence-electron chi connectivity index (χ0n) is 19.1. The van der Waals surface area contributed by atoms with Crippen LogP contribution in [0.3, 0.4) is 0 Å².